The number of halogens is 3. The Morgan fingerprint density at radius 3 is 2.43 bits per heavy atom. The van der Waals surface area contributed by atoms with Crippen molar-refractivity contribution in [1.82, 2.24) is 9.97 Å². The van der Waals surface area contributed by atoms with E-state index in [1.54, 1.807) is 6.07 Å². The quantitative estimate of drug-likeness (QED) is 0.644. The van der Waals surface area contributed by atoms with Crippen molar-refractivity contribution in [3.63, 3.8) is 0 Å². The largest absolute Gasteiger partial charge is 0.416 e. The minimum absolute atomic E-state index is 0.0878. The molecule has 0 fully saturated rings. The van der Waals surface area contributed by atoms with Crippen LogP contribution in [-0.2, 0) is 12.6 Å². The molecule has 0 bridgehead atoms. The molecule has 0 spiro atoms. The summed E-state index contributed by atoms with van der Waals surface area (Å²) < 4.78 is 38.3. The lowest BCUT2D eigenvalue weighted by molar-refractivity contribution is -0.137. The van der Waals surface area contributed by atoms with Crippen LogP contribution in [0.25, 0.3) is 0 Å². The molecule has 1 amide bonds. The second-order valence-electron chi connectivity index (χ2n) is 5.96. The van der Waals surface area contributed by atoms with Gasteiger partial charge in [-0.25, -0.2) is 9.97 Å². The molecular weight excluding hydrogens is 369 g/mol. The molecule has 0 aliphatic carbocycles. The third-order valence-electron chi connectivity index (χ3n) is 4.01. The Kier molecular flexibility index (Phi) is 5.58. The molecule has 2 N–H and O–H groups in total. The van der Waals surface area contributed by atoms with Crippen molar-refractivity contribution in [3.8, 4) is 0 Å². The van der Waals surface area contributed by atoms with Gasteiger partial charge < -0.3 is 10.6 Å². The zero-order valence-electron chi connectivity index (χ0n) is 14.9. The van der Waals surface area contributed by atoms with Crippen LogP contribution in [0.3, 0.4) is 0 Å². The summed E-state index contributed by atoms with van der Waals surface area (Å²) >= 11 is 0. The number of para-hydroxylation sites is 1. The van der Waals surface area contributed by atoms with Crippen LogP contribution in [0.5, 0.6) is 0 Å². The van der Waals surface area contributed by atoms with E-state index in [0.717, 1.165) is 24.1 Å². The van der Waals surface area contributed by atoms with Crippen LogP contribution in [0.1, 0.15) is 28.4 Å². The molecule has 144 valence electrons. The van der Waals surface area contributed by atoms with Crippen LogP contribution >= 0.6 is 0 Å². The van der Waals surface area contributed by atoms with Gasteiger partial charge in [-0.1, -0.05) is 31.2 Å². The summed E-state index contributed by atoms with van der Waals surface area (Å²) in [5.74, 6) is -0.281. The van der Waals surface area contributed by atoms with E-state index in [1.165, 1.54) is 24.5 Å². The standard InChI is InChI=1S/C20H17F3N4O/c1-2-13-6-3-4-9-17(13)27-18(28)14-11-24-19(25-12-14)26-16-8-5-7-15(10-16)20(21,22)23/h3-12H,2H2,1H3,(H,27,28)(H,24,25,26). The van der Waals surface area contributed by atoms with Crippen molar-refractivity contribution >= 4 is 23.2 Å². The topological polar surface area (TPSA) is 66.9 Å². The van der Waals surface area contributed by atoms with Gasteiger partial charge in [-0.2, -0.15) is 13.2 Å². The van der Waals surface area contributed by atoms with Crippen molar-refractivity contribution < 1.29 is 18.0 Å². The van der Waals surface area contributed by atoms with Crippen LogP contribution in [0, 0.1) is 0 Å². The van der Waals surface area contributed by atoms with Gasteiger partial charge in [0, 0.05) is 23.8 Å². The van der Waals surface area contributed by atoms with Gasteiger partial charge in [-0.05, 0) is 36.2 Å². The average Bonchev–Trinajstić information content (AvgIpc) is 2.68. The molecule has 0 aliphatic heterocycles. The van der Waals surface area contributed by atoms with Gasteiger partial charge >= 0.3 is 6.18 Å². The molecule has 0 radical (unpaired) electrons. The zero-order valence-corrected chi connectivity index (χ0v) is 14.9. The lowest BCUT2D eigenvalue weighted by Crippen LogP contribution is -2.14. The van der Waals surface area contributed by atoms with E-state index in [1.807, 2.05) is 25.1 Å². The fraction of sp³-hybridized carbons (Fsp3) is 0.150. The number of benzene rings is 2. The number of hydrogen-bond donors (Lipinski definition) is 2. The number of hydrogen-bond acceptors (Lipinski definition) is 4. The fourth-order valence-corrected chi connectivity index (χ4v) is 2.56. The van der Waals surface area contributed by atoms with E-state index >= 15 is 0 Å². The molecule has 0 unspecified atom stereocenters. The number of carbonyl (C=O) groups is 1. The van der Waals surface area contributed by atoms with E-state index in [0.29, 0.717) is 5.69 Å². The highest BCUT2D eigenvalue weighted by atomic mass is 19.4. The Labute approximate surface area is 159 Å². The number of nitrogens with zero attached hydrogens (tertiary/aromatic N) is 2. The lowest BCUT2D eigenvalue weighted by Gasteiger charge is -2.11. The molecule has 2 aromatic carbocycles. The van der Waals surface area contributed by atoms with Crippen LogP contribution in [-0.4, -0.2) is 15.9 Å². The molecule has 5 nitrogen and oxygen atoms in total. The first-order valence-corrected chi connectivity index (χ1v) is 8.52. The Morgan fingerprint density at radius 1 is 1.04 bits per heavy atom. The second-order valence-corrected chi connectivity index (χ2v) is 5.96. The van der Waals surface area contributed by atoms with Gasteiger partial charge in [0.15, 0.2) is 0 Å². The van der Waals surface area contributed by atoms with E-state index in [4.69, 9.17) is 0 Å². The first-order chi connectivity index (χ1) is 13.4. The molecular formula is C20H17F3N4O. The van der Waals surface area contributed by atoms with Crippen molar-refractivity contribution in [2.45, 2.75) is 19.5 Å². The van der Waals surface area contributed by atoms with E-state index in [-0.39, 0.29) is 23.1 Å². The maximum Gasteiger partial charge on any atom is 0.416 e. The molecule has 0 aliphatic rings. The van der Waals surface area contributed by atoms with Gasteiger partial charge in [0.1, 0.15) is 0 Å². The Bertz CT molecular complexity index is 972. The third kappa shape index (κ3) is 4.64. The van der Waals surface area contributed by atoms with Gasteiger partial charge in [0.05, 0.1) is 11.1 Å². The van der Waals surface area contributed by atoms with Crippen molar-refractivity contribution in [1.29, 1.82) is 0 Å². The number of aromatic nitrogens is 2. The van der Waals surface area contributed by atoms with Crippen LogP contribution in [0.2, 0.25) is 0 Å². The highest BCUT2D eigenvalue weighted by Gasteiger charge is 2.30. The molecule has 28 heavy (non-hydrogen) atoms. The number of carbonyl (C=O) groups excluding carboxylic acids is 1. The Morgan fingerprint density at radius 2 is 1.75 bits per heavy atom. The first-order valence-electron chi connectivity index (χ1n) is 8.52. The van der Waals surface area contributed by atoms with Gasteiger partial charge in [0.2, 0.25) is 5.95 Å². The van der Waals surface area contributed by atoms with Crippen molar-refractivity contribution in [2.75, 3.05) is 10.6 Å². The molecule has 1 heterocycles. The minimum Gasteiger partial charge on any atom is -0.324 e. The Hall–Kier alpha value is -3.42. The summed E-state index contributed by atoms with van der Waals surface area (Å²) in [6.45, 7) is 1.99. The predicted molar refractivity (Wildman–Crippen MR) is 101 cm³/mol. The van der Waals surface area contributed by atoms with Crippen molar-refractivity contribution in [2.24, 2.45) is 0 Å². The smallest absolute Gasteiger partial charge is 0.324 e. The average molecular weight is 386 g/mol. The maximum atomic E-state index is 12.8. The van der Waals surface area contributed by atoms with Crippen LogP contribution < -0.4 is 10.6 Å². The number of anilines is 3. The summed E-state index contributed by atoms with van der Waals surface area (Å²) in [6.07, 6.45) is -1.04. The summed E-state index contributed by atoms with van der Waals surface area (Å²) in [6, 6.07) is 12.2. The monoisotopic (exact) mass is 386 g/mol. The van der Waals surface area contributed by atoms with Crippen molar-refractivity contribution in [3.05, 3.63) is 77.6 Å². The molecule has 0 atom stereocenters. The number of rotatable bonds is 5. The predicted octanol–water partition coefficient (Wildman–Crippen LogP) is 5.05. The van der Waals surface area contributed by atoms with Gasteiger partial charge in [-0.15, -0.1) is 0 Å². The van der Waals surface area contributed by atoms with Gasteiger partial charge in [-0.3, -0.25) is 4.79 Å². The minimum atomic E-state index is -4.44. The van der Waals surface area contributed by atoms with E-state index in [2.05, 4.69) is 20.6 Å². The molecule has 0 saturated carbocycles. The van der Waals surface area contributed by atoms with Crippen LogP contribution in [0.4, 0.5) is 30.5 Å². The highest BCUT2D eigenvalue weighted by molar-refractivity contribution is 6.04. The number of amides is 1. The van der Waals surface area contributed by atoms with Crippen LogP contribution in [0.15, 0.2) is 60.9 Å². The van der Waals surface area contributed by atoms with E-state index in [9.17, 15) is 18.0 Å². The lowest BCUT2D eigenvalue weighted by atomic mass is 10.1. The normalized spacial score (nSPS) is 11.1. The Balaban J connectivity index is 1.71. The maximum absolute atomic E-state index is 12.8. The SMILES string of the molecule is CCc1ccccc1NC(=O)c1cnc(Nc2cccc(C(F)(F)F)c2)nc1. The van der Waals surface area contributed by atoms with E-state index < -0.39 is 11.7 Å². The number of nitrogens with one attached hydrogen (secondary N) is 2. The first kappa shape index (κ1) is 19.3. The zero-order chi connectivity index (χ0) is 20.1. The molecule has 1 aromatic heterocycles. The third-order valence-corrected chi connectivity index (χ3v) is 4.01. The molecule has 3 rings (SSSR count). The summed E-state index contributed by atoms with van der Waals surface area (Å²) in [5.41, 5.74) is 1.37. The summed E-state index contributed by atoms with van der Waals surface area (Å²) in [4.78, 5) is 20.4. The number of alkyl halides is 3. The summed E-state index contributed by atoms with van der Waals surface area (Å²) in [5, 5.41) is 5.50. The second kappa shape index (κ2) is 8.08. The molecule has 0 saturated heterocycles. The summed E-state index contributed by atoms with van der Waals surface area (Å²) in [7, 11) is 0. The van der Waals surface area contributed by atoms with Gasteiger partial charge in [0.25, 0.3) is 5.91 Å². The fourth-order valence-electron chi connectivity index (χ4n) is 2.56. The molecule has 3 aromatic rings. The highest BCUT2D eigenvalue weighted by Crippen LogP contribution is 2.31. The molecule has 8 heteroatoms. The number of aryl methyl sites for hydroxylation is 1.